The number of nitrogens with one attached hydrogen (secondary N) is 2. The predicted molar refractivity (Wildman–Crippen MR) is 121 cm³/mol. The molecule has 0 aliphatic heterocycles. The van der Waals surface area contributed by atoms with Crippen LogP contribution in [0.5, 0.6) is 5.75 Å². The van der Waals surface area contributed by atoms with Crippen molar-refractivity contribution >= 4 is 45.1 Å². The van der Waals surface area contributed by atoms with E-state index in [-0.39, 0.29) is 18.9 Å². The van der Waals surface area contributed by atoms with Crippen LogP contribution in [0.3, 0.4) is 0 Å². The van der Waals surface area contributed by atoms with E-state index in [4.69, 9.17) is 9.47 Å². The lowest BCUT2D eigenvalue weighted by Gasteiger charge is -2.08. The van der Waals surface area contributed by atoms with Gasteiger partial charge >= 0.3 is 5.97 Å². The van der Waals surface area contributed by atoms with Gasteiger partial charge in [0.05, 0.1) is 23.1 Å². The molecule has 2 amide bonds. The topological polar surface area (TPSA) is 106 Å². The second-order valence-electron chi connectivity index (χ2n) is 6.63. The van der Waals surface area contributed by atoms with Crippen LogP contribution in [0.1, 0.15) is 36.2 Å². The number of carbonyl (C=O) groups is 3. The van der Waals surface area contributed by atoms with Crippen LogP contribution < -0.4 is 15.5 Å². The number of benzene rings is 2. The fourth-order valence-corrected chi connectivity index (χ4v) is 3.05. The lowest BCUT2D eigenvalue weighted by molar-refractivity contribution is -0.123. The van der Waals surface area contributed by atoms with Gasteiger partial charge in [0.1, 0.15) is 5.75 Å². The largest absolute Gasteiger partial charge is 0.483 e. The van der Waals surface area contributed by atoms with Crippen molar-refractivity contribution in [1.29, 1.82) is 0 Å². The molecule has 2 N–H and O–H groups in total. The van der Waals surface area contributed by atoms with Gasteiger partial charge in [0.15, 0.2) is 6.61 Å². The lowest BCUT2D eigenvalue weighted by atomic mass is 10.2. The Labute approximate surface area is 189 Å². The molecule has 0 radical (unpaired) electrons. The number of aryl methyl sites for hydroxylation is 1. The Bertz CT molecular complexity index is 974. The summed E-state index contributed by atoms with van der Waals surface area (Å²) in [5, 5.41) is 6.62. The Morgan fingerprint density at radius 2 is 1.77 bits per heavy atom. The molecule has 0 fully saturated rings. The van der Waals surface area contributed by atoms with Gasteiger partial charge in [-0.15, -0.1) is 0 Å². The third kappa shape index (κ3) is 8.21. The molecule has 2 rings (SSSR count). The number of nitrogens with zero attached hydrogens (tertiary/aromatic N) is 1. The van der Waals surface area contributed by atoms with E-state index in [9.17, 15) is 14.4 Å². The molecule has 0 saturated heterocycles. The van der Waals surface area contributed by atoms with E-state index in [1.165, 1.54) is 0 Å². The average molecular weight is 490 g/mol. The second kappa shape index (κ2) is 11.8. The number of anilines is 1. The first kappa shape index (κ1) is 24.1. The standard InChI is InChI=1S/C22H24BrN3O5/c1-4-30-22(29)16-6-8-17(9-7-16)24-20(27)12-15(3)25-26-21(28)13-31-19-10-5-14(2)11-18(19)23/h5-11H,4,12-13H2,1-3H3,(H,24,27)(H,26,28)/b25-15-. The second-order valence-corrected chi connectivity index (χ2v) is 7.48. The number of ether oxygens (including phenoxy) is 2. The lowest BCUT2D eigenvalue weighted by Crippen LogP contribution is -2.26. The summed E-state index contributed by atoms with van der Waals surface area (Å²) in [4.78, 5) is 35.7. The van der Waals surface area contributed by atoms with Crippen molar-refractivity contribution < 1.29 is 23.9 Å². The van der Waals surface area contributed by atoms with Gasteiger partial charge in [-0.05, 0) is 78.7 Å². The highest BCUT2D eigenvalue weighted by Crippen LogP contribution is 2.25. The van der Waals surface area contributed by atoms with Gasteiger partial charge in [0.25, 0.3) is 5.91 Å². The van der Waals surface area contributed by atoms with Crippen molar-refractivity contribution in [2.45, 2.75) is 27.2 Å². The maximum absolute atomic E-state index is 12.1. The SMILES string of the molecule is CCOC(=O)c1ccc(NC(=O)C/C(C)=N\NC(=O)COc2ccc(C)cc2Br)cc1. The quantitative estimate of drug-likeness (QED) is 0.316. The van der Waals surface area contributed by atoms with Crippen LogP contribution in [-0.4, -0.2) is 36.7 Å². The average Bonchev–Trinajstić information content (AvgIpc) is 2.72. The number of hydrogen-bond acceptors (Lipinski definition) is 6. The summed E-state index contributed by atoms with van der Waals surface area (Å²) in [6, 6.07) is 11.9. The molecule has 8 nitrogen and oxygen atoms in total. The number of esters is 1. The van der Waals surface area contributed by atoms with Crippen molar-refractivity contribution in [3.8, 4) is 5.75 Å². The summed E-state index contributed by atoms with van der Waals surface area (Å²) in [6.07, 6.45) is -0.00965. The van der Waals surface area contributed by atoms with Gasteiger partial charge in [-0.1, -0.05) is 6.07 Å². The molecule has 0 saturated carbocycles. The van der Waals surface area contributed by atoms with Crippen LogP contribution in [0.2, 0.25) is 0 Å². The third-order valence-corrected chi connectivity index (χ3v) is 4.53. The zero-order chi connectivity index (χ0) is 22.8. The summed E-state index contributed by atoms with van der Waals surface area (Å²) in [6.45, 7) is 5.39. The molecule has 0 spiro atoms. The Kier molecular flexibility index (Phi) is 9.20. The molecule has 0 heterocycles. The summed E-state index contributed by atoms with van der Waals surface area (Å²) in [5.41, 5.74) is 4.79. The van der Waals surface area contributed by atoms with Gasteiger partial charge in [-0.3, -0.25) is 9.59 Å². The minimum absolute atomic E-state index is 0.00965. The van der Waals surface area contributed by atoms with Crippen LogP contribution in [0.25, 0.3) is 0 Å². The van der Waals surface area contributed by atoms with Gasteiger partial charge in [-0.2, -0.15) is 5.10 Å². The zero-order valence-corrected chi connectivity index (χ0v) is 19.1. The molecule has 2 aromatic carbocycles. The predicted octanol–water partition coefficient (Wildman–Crippen LogP) is 3.83. The minimum atomic E-state index is -0.443. The normalized spacial score (nSPS) is 10.9. The van der Waals surface area contributed by atoms with E-state index in [0.717, 1.165) is 10.0 Å². The van der Waals surface area contributed by atoms with Gasteiger partial charge < -0.3 is 14.8 Å². The molecule has 2 aromatic rings. The third-order valence-electron chi connectivity index (χ3n) is 3.91. The van der Waals surface area contributed by atoms with E-state index in [1.54, 1.807) is 44.2 Å². The first-order chi connectivity index (χ1) is 14.8. The molecule has 0 atom stereocenters. The maximum Gasteiger partial charge on any atom is 0.338 e. The molecule has 0 aromatic heterocycles. The molecule has 0 bridgehead atoms. The number of amides is 2. The maximum atomic E-state index is 12.1. The van der Waals surface area contributed by atoms with Crippen LogP contribution in [0, 0.1) is 6.92 Å². The minimum Gasteiger partial charge on any atom is -0.483 e. The number of rotatable bonds is 9. The summed E-state index contributed by atoms with van der Waals surface area (Å²) in [5.74, 6) is -0.617. The van der Waals surface area contributed by atoms with E-state index in [0.29, 0.717) is 29.3 Å². The first-order valence-electron chi connectivity index (χ1n) is 9.56. The summed E-state index contributed by atoms with van der Waals surface area (Å²) >= 11 is 3.38. The number of carbonyl (C=O) groups excluding carboxylic acids is 3. The number of hydrazone groups is 1. The molecule has 9 heteroatoms. The van der Waals surface area contributed by atoms with Crippen LogP contribution in [0.15, 0.2) is 52.0 Å². The van der Waals surface area contributed by atoms with Crippen molar-refractivity contribution in [3.63, 3.8) is 0 Å². The molecule has 0 aliphatic rings. The Morgan fingerprint density at radius 3 is 2.42 bits per heavy atom. The monoisotopic (exact) mass is 489 g/mol. The van der Waals surface area contributed by atoms with Gasteiger partial charge in [0.2, 0.25) is 5.91 Å². The summed E-state index contributed by atoms with van der Waals surface area (Å²) in [7, 11) is 0. The van der Waals surface area contributed by atoms with E-state index in [1.807, 2.05) is 19.1 Å². The van der Waals surface area contributed by atoms with Gasteiger partial charge in [-0.25, -0.2) is 10.2 Å². The molecule has 0 unspecified atom stereocenters. The molecule has 164 valence electrons. The van der Waals surface area contributed by atoms with Gasteiger partial charge in [0, 0.05) is 11.4 Å². The Morgan fingerprint density at radius 1 is 1.06 bits per heavy atom. The number of hydrogen-bond donors (Lipinski definition) is 2. The highest BCUT2D eigenvalue weighted by molar-refractivity contribution is 9.10. The van der Waals surface area contributed by atoms with Crippen LogP contribution in [-0.2, 0) is 14.3 Å². The van der Waals surface area contributed by atoms with Crippen molar-refractivity contribution in [3.05, 3.63) is 58.1 Å². The zero-order valence-electron chi connectivity index (χ0n) is 17.5. The molecular formula is C22H24BrN3O5. The Hall–Kier alpha value is -3.20. The van der Waals surface area contributed by atoms with E-state index in [2.05, 4.69) is 31.8 Å². The summed E-state index contributed by atoms with van der Waals surface area (Å²) < 4.78 is 11.1. The first-order valence-corrected chi connectivity index (χ1v) is 10.4. The fraction of sp³-hybridized carbons (Fsp3) is 0.273. The number of halogens is 1. The van der Waals surface area contributed by atoms with Crippen molar-refractivity contribution in [2.24, 2.45) is 5.10 Å². The van der Waals surface area contributed by atoms with Crippen LogP contribution >= 0.6 is 15.9 Å². The van der Waals surface area contributed by atoms with Crippen molar-refractivity contribution in [2.75, 3.05) is 18.5 Å². The van der Waals surface area contributed by atoms with Crippen molar-refractivity contribution in [1.82, 2.24) is 5.43 Å². The van der Waals surface area contributed by atoms with E-state index >= 15 is 0 Å². The molecule has 0 aliphatic carbocycles. The fourth-order valence-electron chi connectivity index (χ4n) is 2.44. The smallest absolute Gasteiger partial charge is 0.338 e. The van der Waals surface area contributed by atoms with Crippen LogP contribution in [0.4, 0.5) is 5.69 Å². The highest BCUT2D eigenvalue weighted by atomic mass is 79.9. The Balaban J connectivity index is 1.78. The molecular weight excluding hydrogens is 466 g/mol. The van der Waals surface area contributed by atoms with E-state index < -0.39 is 11.9 Å². The molecule has 31 heavy (non-hydrogen) atoms. The highest BCUT2D eigenvalue weighted by Gasteiger charge is 2.09.